The Morgan fingerprint density at radius 2 is 1.92 bits per heavy atom. The fraction of sp³-hybridized carbons (Fsp3) is 0.312. The normalized spacial score (nSPS) is 11.0. The number of hydrogen-bond acceptors (Lipinski definition) is 6. The minimum Gasteiger partial charge on any atom is -0.369 e. The van der Waals surface area contributed by atoms with E-state index in [1.54, 1.807) is 12.4 Å². The molecular formula is C16H18BrCl2N5S. The van der Waals surface area contributed by atoms with E-state index in [0.29, 0.717) is 22.7 Å². The maximum atomic E-state index is 5.84. The van der Waals surface area contributed by atoms with E-state index in [1.165, 1.54) is 11.8 Å². The SMILES string of the molecule is CSc1ncc(Br)c(N/N=C\c2ccc(N(CCCl)CCCl)cc2)n1. The van der Waals surface area contributed by atoms with E-state index in [1.807, 2.05) is 30.5 Å². The van der Waals surface area contributed by atoms with Gasteiger partial charge in [0.05, 0.1) is 10.7 Å². The van der Waals surface area contributed by atoms with Crippen LogP contribution in [0.2, 0.25) is 0 Å². The molecule has 25 heavy (non-hydrogen) atoms. The summed E-state index contributed by atoms with van der Waals surface area (Å²) in [6.45, 7) is 1.53. The lowest BCUT2D eigenvalue weighted by Crippen LogP contribution is -2.27. The van der Waals surface area contributed by atoms with Gasteiger partial charge in [0.2, 0.25) is 0 Å². The fourth-order valence-electron chi connectivity index (χ4n) is 2.04. The molecule has 0 aliphatic rings. The van der Waals surface area contributed by atoms with E-state index in [-0.39, 0.29) is 0 Å². The van der Waals surface area contributed by atoms with E-state index in [4.69, 9.17) is 23.2 Å². The molecule has 1 heterocycles. The van der Waals surface area contributed by atoms with Crippen molar-refractivity contribution in [3.8, 4) is 0 Å². The zero-order valence-electron chi connectivity index (χ0n) is 13.6. The van der Waals surface area contributed by atoms with Crippen molar-refractivity contribution in [1.29, 1.82) is 0 Å². The van der Waals surface area contributed by atoms with E-state index in [9.17, 15) is 0 Å². The van der Waals surface area contributed by atoms with Gasteiger partial charge in [0.1, 0.15) is 0 Å². The Kier molecular flexibility index (Phi) is 8.81. The number of hydrazone groups is 1. The van der Waals surface area contributed by atoms with Crippen molar-refractivity contribution in [1.82, 2.24) is 9.97 Å². The summed E-state index contributed by atoms with van der Waals surface area (Å²) in [7, 11) is 0. The van der Waals surface area contributed by atoms with Crippen LogP contribution in [-0.2, 0) is 0 Å². The van der Waals surface area contributed by atoms with Crippen molar-refractivity contribution in [3.63, 3.8) is 0 Å². The van der Waals surface area contributed by atoms with Crippen LogP contribution < -0.4 is 10.3 Å². The Balaban J connectivity index is 2.02. The number of thioether (sulfide) groups is 1. The largest absolute Gasteiger partial charge is 0.369 e. The lowest BCUT2D eigenvalue weighted by atomic mass is 10.2. The molecule has 0 unspecified atom stereocenters. The number of alkyl halides is 2. The average molecular weight is 463 g/mol. The number of benzene rings is 1. The van der Waals surface area contributed by atoms with E-state index >= 15 is 0 Å². The Bertz CT molecular complexity index is 693. The molecule has 1 aromatic heterocycles. The van der Waals surface area contributed by atoms with Crippen molar-refractivity contribution in [3.05, 3.63) is 40.5 Å². The Hall–Kier alpha value is -1.02. The Morgan fingerprint density at radius 3 is 2.52 bits per heavy atom. The molecule has 1 aromatic carbocycles. The van der Waals surface area contributed by atoms with Crippen molar-refractivity contribution in [2.24, 2.45) is 5.10 Å². The standard InChI is InChI=1S/C16H18BrCl2N5S/c1-25-16-20-11-14(17)15(22-16)23-21-10-12-2-4-13(5-3-12)24(8-6-18)9-7-19/h2-5,10-11H,6-9H2,1H3,(H,20,22,23)/b21-10-. The van der Waals surface area contributed by atoms with Gasteiger partial charge in [-0.1, -0.05) is 23.9 Å². The molecule has 9 heteroatoms. The molecule has 0 radical (unpaired) electrons. The third kappa shape index (κ3) is 6.33. The van der Waals surface area contributed by atoms with Gasteiger partial charge in [-0.15, -0.1) is 23.2 Å². The monoisotopic (exact) mass is 461 g/mol. The first kappa shape index (κ1) is 20.3. The van der Waals surface area contributed by atoms with Gasteiger partial charge in [-0.2, -0.15) is 5.10 Å². The van der Waals surface area contributed by atoms with Crippen LogP contribution in [0, 0.1) is 0 Å². The smallest absolute Gasteiger partial charge is 0.189 e. The first-order valence-corrected chi connectivity index (χ1v) is 10.6. The number of rotatable bonds is 9. The van der Waals surface area contributed by atoms with E-state index < -0.39 is 0 Å². The summed E-state index contributed by atoms with van der Waals surface area (Å²) >= 11 is 16.6. The molecule has 0 amide bonds. The summed E-state index contributed by atoms with van der Waals surface area (Å²) in [5.74, 6) is 1.76. The first-order chi connectivity index (χ1) is 12.2. The number of hydrogen-bond donors (Lipinski definition) is 1. The van der Waals surface area contributed by atoms with Crippen molar-refractivity contribution < 1.29 is 0 Å². The zero-order chi connectivity index (χ0) is 18.1. The molecular weight excluding hydrogens is 445 g/mol. The van der Waals surface area contributed by atoms with Crippen LogP contribution in [0.1, 0.15) is 5.56 Å². The molecule has 5 nitrogen and oxygen atoms in total. The third-order valence-electron chi connectivity index (χ3n) is 3.26. The van der Waals surface area contributed by atoms with Crippen molar-refractivity contribution in [2.75, 3.05) is 41.4 Å². The molecule has 0 aliphatic carbocycles. The summed E-state index contributed by atoms with van der Waals surface area (Å²) in [5.41, 5.74) is 4.99. The van der Waals surface area contributed by atoms with Gasteiger partial charge in [0, 0.05) is 36.7 Å². The van der Waals surface area contributed by atoms with Crippen molar-refractivity contribution in [2.45, 2.75) is 5.16 Å². The molecule has 1 N–H and O–H groups in total. The number of halogens is 3. The lowest BCUT2D eigenvalue weighted by Gasteiger charge is -2.22. The summed E-state index contributed by atoms with van der Waals surface area (Å²) in [6, 6.07) is 8.07. The van der Waals surface area contributed by atoms with Crippen LogP contribution >= 0.6 is 50.9 Å². The van der Waals surface area contributed by atoms with Crippen LogP contribution in [0.15, 0.2) is 45.2 Å². The van der Waals surface area contributed by atoms with Crippen LogP contribution in [0.25, 0.3) is 0 Å². The highest BCUT2D eigenvalue weighted by Gasteiger charge is 2.05. The van der Waals surface area contributed by atoms with Crippen molar-refractivity contribution >= 4 is 68.6 Å². The Morgan fingerprint density at radius 1 is 1.24 bits per heavy atom. The van der Waals surface area contributed by atoms with Gasteiger partial charge < -0.3 is 4.90 Å². The molecule has 0 aliphatic heterocycles. The predicted octanol–water partition coefficient (Wildman–Crippen LogP) is 4.69. The van der Waals surface area contributed by atoms with Gasteiger partial charge in [-0.3, -0.25) is 5.43 Å². The third-order valence-corrected chi connectivity index (χ3v) is 4.74. The minimum atomic E-state index is 0.565. The molecule has 2 aromatic rings. The quantitative estimate of drug-likeness (QED) is 0.192. The molecule has 0 saturated heterocycles. The lowest BCUT2D eigenvalue weighted by molar-refractivity contribution is 0.874. The van der Waals surface area contributed by atoms with Gasteiger partial charge in [-0.25, -0.2) is 9.97 Å². The molecule has 2 rings (SSSR count). The summed E-state index contributed by atoms with van der Waals surface area (Å²) < 4.78 is 0.760. The molecule has 0 bridgehead atoms. The molecule has 0 atom stereocenters. The van der Waals surface area contributed by atoms with E-state index in [2.05, 4.69) is 41.3 Å². The number of nitrogens with zero attached hydrogens (tertiary/aromatic N) is 4. The summed E-state index contributed by atoms with van der Waals surface area (Å²) in [5, 5.41) is 4.92. The maximum Gasteiger partial charge on any atom is 0.189 e. The zero-order valence-corrected chi connectivity index (χ0v) is 17.5. The average Bonchev–Trinajstić information content (AvgIpc) is 2.64. The first-order valence-electron chi connectivity index (χ1n) is 7.50. The van der Waals surface area contributed by atoms with Gasteiger partial charge in [0.15, 0.2) is 11.0 Å². The second-order valence-corrected chi connectivity index (χ2v) is 7.26. The fourth-order valence-corrected chi connectivity index (χ4v) is 3.07. The molecule has 134 valence electrons. The highest BCUT2D eigenvalue weighted by molar-refractivity contribution is 9.10. The van der Waals surface area contributed by atoms with Crippen LogP contribution in [0.4, 0.5) is 11.5 Å². The molecule has 0 spiro atoms. The number of aromatic nitrogens is 2. The van der Waals surface area contributed by atoms with Crippen LogP contribution in [0.3, 0.4) is 0 Å². The molecule has 0 fully saturated rings. The molecule has 0 saturated carbocycles. The summed E-state index contributed by atoms with van der Waals surface area (Å²) in [4.78, 5) is 10.7. The van der Waals surface area contributed by atoms with Crippen LogP contribution in [-0.4, -0.2) is 47.3 Å². The van der Waals surface area contributed by atoms with Gasteiger partial charge in [-0.05, 0) is 39.9 Å². The van der Waals surface area contributed by atoms with Gasteiger partial charge >= 0.3 is 0 Å². The second-order valence-electron chi connectivity index (χ2n) is 4.88. The topological polar surface area (TPSA) is 53.4 Å². The minimum absolute atomic E-state index is 0.565. The second kappa shape index (κ2) is 10.9. The number of nitrogens with one attached hydrogen (secondary N) is 1. The van der Waals surface area contributed by atoms with E-state index in [0.717, 1.165) is 28.8 Å². The maximum absolute atomic E-state index is 5.84. The highest BCUT2D eigenvalue weighted by Crippen LogP contribution is 2.21. The predicted molar refractivity (Wildman–Crippen MR) is 113 cm³/mol. The van der Waals surface area contributed by atoms with Gasteiger partial charge in [0.25, 0.3) is 0 Å². The Labute approximate surface area is 170 Å². The van der Waals surface area contributed by atoms with Crippen LogP contribution in [0.5, 0.6) is 0 Å². The highest BCUT2D eigenvalue weighted by atomic mass is 79.9. The summed E-state index contributed by atoms with van der Waals surface area (Å²) in [6.07, 6.45) is 5.37. The number of anilines is 2.